The molecule has 0 amide bonds. The number of aromatic nitrogens is 3. The average molecular weight is 228 g/mol. The van der Waals surface area contributed by atoms with Gasteiger partial charge in [-0.25, -0.2) is 4.68 Å². The summed E-state index contributed by atoms with van der Waals surface area (Å²) in [4.78, 5) is 0. The van der Waals surface area contributed by atoms with Crippen molar-refractivity contribution in [3.63, 3.8) is 0 Å². The van der Waals surface area contributed by atoms with Gasteiger partial charge in [0.1, 0.15) is 5.69 Å². The summed E-state index contributed by atoms with van der Waals surface area (Å²) < 4.78 is 2.07. The van der Waals surface area contributed by atoms with Gasteiger partial charge in [0, 0.05) is 12.5 Å². The highest BCUT2D eigenvalue weighted by Gasteiger charge is 2.30. The van der Waals surface area contributed by atoms with Crippen LogP contribution in [0.2, 0.25) is 0 Å². The summed E-state index contributed by atoms with van der Waals surface area (Å²) >= 11 is 5.86. The van der Waals surface area contributed by atoms with Crippen molar-refractivity contribution in [2.75, 3.05) is 0 Å². The van der Waals surface area contributed by atoms with E-state index in [4.69, 9.17) is 11.6 Å². The number of rotatable bonds is 6. The summed E-state index contributed by atoms with van der Waals surface area (Å²) in [7, 11) is 0. The van der Waals surface area contributed by atoms with Crippen LogP contribution in [0.1, 0.15) is 56.3 Å². The Hall–Kier alpha value is -0.570. The largest absolute Gasteiger partial charge is 0.249 e. The molecule has 4 heteroatoms. The van der Waals surface area contributed by atoms with Gasteiger partial charge in [-0.15, -0.1) is 16.7 Å². The molecule has 0 aliphatic heterocycles. The standard InChI is InChI=1S/C11H18ClN3/c1-2-3-4-7-15-11(9-5-6-9)10(8-12)13-14-15/h9H,2-8H2,1H3. The molecule has 2 rings (SSSR count). The molecule has 84 valence electrons. The minimum atomic E-state index is 0.500. The maximum absolute atomic E-state index is 5.86. The third kappa shape index (κ3) is 2.51. The topological polar surface area (TPSA) is 30.7 Å². The zero-order valence-electron chi connectivity index (χ0n) is 9.25. The SMILES string of the molecule is CCCCCn1nnc(CCl)c1C1CC1. The first-order valence-electron chi connectivity index (χ1n) is 5.85. The van der Waals surface area contributed by atoms with Gasteiger partial charge in [0.15, 0.2) is 0 Å². The number of aryl methyl sites for hydroxylation is 1. The van der Waals surface area contributed by atoms with Crippen molar-refractivity contribution in [2.24, 2.45) is 0 Å². The van der Waals surface area contributed by atoms with Gasteiger partial charge in [-0.05, 0) is 19.3 Å². The summed E-state index contributed by atoms with van der Waals surface area (Å²) in [6.07, 6.45) is 6.27. The highest BCUT2D eigenvalue weighted by Crippen LogP contribution is 2.41. The summed E-state index contributed by atoms with van der Waals surface area (Å²) in [6, 6.07) is 0. The number of alkyl halides is 1. The Balaban J connectivity index is 2.05. The van der Waals surface area contributed by atoms with Crippen LogP contribution in [0.25, 0.3) is 0 Å². The molecule has 1 saturated carbocycles. The second-order valence-corrected chi connectivity index (χ2v) is 4.53. The predicted molar refractivity (Wildman–Crippen MR) is 61.1 cm³/mol. The van der Waals surface area contributed by atoms with E-state index in [1.807, 2.05) is 0 Å². The van der Waals surface area contributed by atoms with Gasteiger partial charge < -0.3 is 0 Å². The van der Waals surface area contributed by atoms with Crippen LogP contribution in [0.3, 0.4) is 0 Å². The smallest absolute Gasteiger partial charge is 0.101 e. The van der Waals surface area contributed by atoms with E-state index in [0.29, 0.717) is 11.8 Å². The van der Waals surface area contributed by atoms with E-state index >= 15 is 0 Å². The summed E-state index contributed by atoms with van der Waals surface area (Å²) in [5.74, 6) is 1.19. The van der Waals surface area contributed by atoms with Crippen molar-refractivity contribution >= 4 is 11.6 Å². The van der Waals surface area contributed by atoms with Gasteiger partial charge in [-0.2, -0.15) is 0 Å². The lowest BCUT2D eigenvalue weighted by Crippen LogP contribution is -2.05. The maximum Gasteiger partial charge on any atom is 0.101 e. The lowest BCUT2D eigenvalue weighted by Gasteiger charge is -2.05. The zero-order valence-corrected chi connectivity index (χ0v) is 10.0. The monoisotopic (exact) mass is 227 g/mol. The molecule has 1 aliphatic carbocycles. The van der Waals surface area contributed by atoms with E-state index in [1.54, 1.807) is 0 Å². The molecule has 0 radical (unpaired) electrons. The van der Waals surface area contributed by atoms with Crippen LogP contribution >= 0.6 is 11.6 Å². The molecule has 1 aliphatic rings. The lowest BCUT2D eigenvalue weighted by molar-refractivity contribution is 0.520. The third-order valence-corrected chi connectivity index (χ3v) is 3.16. The van der Waals surface area contributed by atoms with E-state index in [0.717, 1.165) is 12.2 Å². The van der Waals surface area contributed by atoms with Gasteiger partial charge in [-0.1, -0.05) is 25.0 Å². The number of hydrogen-bond acceptors (Lipinski definition) is 2. The Kier molecular flexibility index (Phi) is 3.62. The van der Waals surface area contributed by atoms with Gasteiger partial charge in [-0.3, -0.25) is 0 Å². The van der Waals surface area contributed by atoms with Crippen LogP contribution in [-0.4, -0.2) is 15.0 Å². The maximum atomic E-state index is 5.86. The van der Waals surface area contributed by atoms with E-state index < -0.39 is 0 Å². The minimum absolute atomic E-state index is 0.500. The Bertz CT molecular complexity index is 318. The highest BCUT2D eigenvalue weighted by molar-refractivity contribution is 6.16. The fourth-order valence-electron chi connectivity index (χ4n) is 1.93. The van der Waals surface area contributed by atoms with Crippen LogP contribution in [-0.2, 0) is 12.4 Å². The highest BCUT2D eigenvalue weighted by atomic mass is 35.5. The molecule has 0 spiro atoms. The number of halogens is 1. The van der Waals surface area contributed by atoms with Crippen LogP contribution in [0.4, 0.5) is 0 Å². The number of hydrogen-bond donors (Lipinski definition) is 0. The Morgan fingerprint density at radius 1 is 1.40 bits per heavy atom. The van der Waals surface area contributed by atoms with Crippen molar-refractivity contribution < 1.29 is 0 Å². The van der Waals surface area contributed by atoms with Crippen molar-refractivity contribution in [1.82, 2.24) is 15.0 Å². The fourth-order valence-corrected chi connectivity index (χ4v) is 2.12. The molecule has 1 aromatic heterocycles. The predicted octanol–water partition coefficient (Wildman–Crippen LogP) is 3.08. The molecule has 0 unspecified atom stereocenters. The lowest BCUT2D eigenvalue weighted by atomic mass is 10.2. The normalized spacial score (nSPS) is 15.9. The third-order valence-electron chi connectivity index (χ3n) is 2.91. The van der Waals surface area contributed by atoms with Crippen LogP contribution in [0.5, 0.6) is 0 Å². The molecule has 0 aromatic carbocycles. The molecular weight excluding hydrogens is 210 g/mol. The molecule has 0 atom stereocenters. The number of unbranched alkanes of at least 4 members (excludes halogenated alkanes) is 2. The first kappa shape index (κ1) is 10.9. The molecule has 1 fully saturated rings. The fraction of sp³-hybridized carbons (Fsp3) is 0.818. The molecule has 1 heterocycles. The molecule has 3 nitrogen and oxygen atoms in total. The van der Waals surface area contributed by atoms with Gasteiger partial charge >= 0.3 is 0 Å². The van der Waals surface area contributed by atoms with Crippen LogP contribution in [0.15, 0.2) is 0 Å². The van der Waals surface area contributed by atoms with Crippen molar-refractivity contribution in [2.45, 2.75) is 57.4 Å². The summed E-state index contributed by atoms with van der Waals surface area (Å²) in [5.41, 5.74) is 2.30. The van der Waals surface area contributed by atoms with E-state index in [2.05, 4.69) is 21.9 Å². The second kappa shape index (κ2) is 4.97. The summed E-state index contributed by atoms with van der Waals surface area (Å²) in [6.45, 7) is 3.22. The molecule has 0 N–H and O–H groups in total. The van der Waals surface area contributed by atoms with Crippen LogP contribution < -0.4 is 0 Å². The Morgan fingerprint density at radius 3 is 2.80 bits per heavy atom. The first-order valence-corrected chi connectivity index (χ1v) is 6.38. The van der Waals surface area contributed by atoms with Crippen molar-refractivity contribution in [3.05, 3.63) is 11.4 Å². The van der Waals surface area contributed by atoms with E-state index in [-0.39, 0.29) is 0 Å². The van der Waals surface area contributed by atoms with Crippen molar-refractivity contribution in [1.29, 1.82) is 0 Å². The zero-order chi connectivity index (χ0) is 10.7. The first-order chi connectivity index (χ1) is 7.36. The molecule has 15 heavy (non-hydrogen) atoms. The molecule has 0 saturated heterocycles. The van der Waals surface area contributed by atoms with Crippen LogP contribution in [0, 0.1) is 0 Å². The minimum Gasteiger partial charge on any atom is -0.249 e. The molecular formula is C11H18ClN3. The quantitative estimate of drug-likeness (QED) is 0.552. The van der Waals surface area contributed by atoms with Gasteiger partial charge in [0.25, 0.3) is 0 Å². The van der Waals surface area contributed by atoms with Gasteiger partial charge in [0.2, 0.25) is 0 Å². The summed E-state index contributed by atoms with van der Waals surface area (Å²) in [5, 5.41) is 8.36. The average Bonchev–Trinajstić information content (AvgIpc) is 3.00. The molecule has 0 bridgehead atoms. The van der Waals surface area contributed by atoms with E-state index in [1.165, 1.54) is 37.8 Å². The Morgan fingerprint density at radius 2 is 2.20 bits per heavy atom. The van der Waals surface area contributed by atoms with Gasteiger partial charge in [0.05, 0.1) is 11.6 Å². The number of nitrogens with zero attached hydrogens (tertiary/aromatic N) is 3. The van der Waals surface area contributed by atoms with Crippen molar-refractivity contribution in [3.8, 4) is 0 Å². The van der Waals surface area contributed by atoms with E-state index in [9.17, 15) is 0 Å². The second-order valence-electron chi connectivity index (χ2n) is 4.26. The molecule has 1 aromatic rings. The Labute approximate surface area is 95.8 Å².